The zero-order chi connectivity index (χ0) is 6.85. The summed E-state index contributed by atoms with van der Waals surface area (Å²) in [5.41, 5.74) is 3.76. The number of aryl methyl sites for hydroxylation is 1. The van der Waals surface area contributed by atoms with Gasteiger partial charge in [-0.1, -0.05) is 19.9 Å². The zero-order valence-corrected chi connectivity index (χ0v) is 9.19. The summed E-state index contributed by atoms with van der Waals surface area (Å²) < 4.78 is 0. The molecule has 0 radical (unpaired) electrons. The van der Waals surface area contributed by atoms with Crippen LogP contribution in [0.15, 0.2) is 18.2 Å². The number of benzene rings is 1. The topological polar surface area (TPSA) is 0 Å². The molecule has 0 heterocycles. The quantitative estimate of drug-likeness (QED) is 0.358. The number of rotatable bonds is 0. The van der Waals surface area contributed by atoms with E-state index in [0.29, 0.717) is 0 Å². The minimum absolute atomic E-state index is 0. The number of hydrogen-bond donors (Lipinski definition) is 0. The summed E-state index contributed by atoms with van der Waals surface area (Å²) in [5, 5.41) is 0. The summed E-state index contributed by atoms with van der Waals surface area (Å²) in [6.45, 7) is 8.08. The Kier molecular flexibility index (Phi) is 7.17. The zero-order valence-electron chi connectivity index (χ0n) is 7.02. The van der Waals surface area contributed by atoms with Gasteiger partial charge in [0.25, 0.3) is 0 Å². The summed E-state index contributed by atoms with van der Waals surface area (Å²) in [7, 11) is 0. The molecule has 0 unspecified atom stereocenters. The van der Waals surface area contributed by atoms with Gasteiger partial charge in [-0.3, -0.25) is 0 Å². The predicted octanol–water partition coefficient (Wildman–Crippen LogP) is -0.891. The first-order valence-electron chi connectivity index (χ1n) is 3.10. The maximum Gasteiger partial charge on any atom is 2.00 e. The van der Waals surface area contributed by atoms with Crippen LogP contribution in [0, 0.1) is 20.8 Å². The van der Waals surface area contributed by atoms with E-state index in [-0.39, 0.29) is 35.5 Å². The smallest absolute Gasteiger partial charge is 1.00 e. The molecule has 0 saturated carbocycles. The van der Waals surface area contributed by atoms with Crippen molar-refractivity contribution in [3.05, 3.63) is 41.8 Å². The maximum absolute atomic E-state index is 3.88. The van der Waals surface area contributed by atoms with Crippen LogP contribution in [0.25, 0.3) is 0 Å². The molecule has 0 saturated heterocycles. The summed E-state index contributed by atoms with van der Waals surface area (Å²) in [6.07, 6.45) is 0. The average molecular weight is 179 g/mol. The molecule has 11 heavy (non-hydrogen) atoms. The van der Waals surface area contributed by atoms with E-state index in [9.17, 15) is 0 Å². The van der Waals surface area contributed by atoms with Crippen molar-refractivity contribution in [3.8, 4) is 0 Å². The van der Waals surface area contributed by atoms with Crippen LogP contribution >= 0.6 is 0 Å². The fraction of sp³-hybridized carbons (Fsp3) is 0.222. The van der Waals surface area contributed by atoms with Crippen molar-refractivity contribution in [1.82, 2.24) is 0 Å². The molecule has 0 aliphatic carbocycles. The van der Waals surface area contributed by atoms with E-state index in [0.717, 1.165) is 5.56 Å². The van der Waals surface area contributed by atoms with Crippen LogP contribution in [-0.2, 0) is 0 Å². The molecule has 2 heteroatoms. The standard InChI is InChI=1S/C9H11.ClH.Mg/c1-7-5-4-6-8(2)9(7)3;;/h4-6H,1H2,2-3H3;1H;/q-1;;+2/p-1. The minimum atomic E-state index is 0. The second-order valence-corrected chi connectivity index (χ2v) is 2.36. The van der Waals surface area contributed by atoms with Crippen LogP contribution < -0.4 is 12.4 Å². The summed E-state index contributed by atoms with van der Waals surface area (Å²) in [5.74, 6) is 0. The van der Waals surface area contributed by atoms with Gasteiger partial charge in [0.15, 0.2) is 0 Å². The van der Waals surface area contributed by atoms with Crippen LogP contribution in [0.3, 0.4) is 0 Å². The van der Waals surface area contributed by atoms with E-state index < -0.39 is 0 Å². The normalized spacial score (nSPS) is 7.82. The van der Waals surface area contributed by atoms with Crippen molar-refractivity contribution in [2.24, 2.45) is 0 Å². The molecule has 1 aromatic rings. The van der Waals surface area contributed by atoms with Gasteiger partial charge >= 0.3 is 23.1 Å². The molecular weight excluding hydrogens is 168 g/mol. The SMILES string of the molecule is [CH2-]c1cccc(C)c1C.[Cl-].[Mg+2]. The van der Waals surface area contributed by atoms with E-state index in [4.69, 9.17) is 0 Å². The van der Waals surface area contributed by atoms with Crippen LogP contribution in [0.4, 0.5) is 0 Å². The number of halogens is 1. The van der Waals surface area contributed by atoms with Crippen molar-refractivity contribution in [2.75, 3.05) is 0 Å². The molecule has 0 N–H and O–H groups in total. The summed E-state index contributed by atoms with van der Waals surface area (Å²) >= 11 is 0. The summed E-state index contributed by atoms with van der Waals surface area (Å²) in [6, 6.07) is 6.16. The van der Waals surface area contributed by atoms with Crippen molar-refractivity contribution >= 4 is 23.1 Å². The monoisotopic (exact) mass is 178 g/mol. The molecule has 0 aromatic heterocycles. The molecule has 1 rings (SSSR count). The van der Waals surface area contributed by atoms with Crippen LogP contribution in [-0.4, -0.2) is 23.1 Å². The van der Waals surface area contributed by atoms with Gasteiger partial charge in [-0.25, -0.2) is 0 Å². The third kappa shape index (κ3) is 3.36. The number of hydrogen-bond acceptors (Lipinski definition) is 0. The molecule has 0 atom stereocenters. The van der Waals surface area contributed by atoms with Gasteiger partial charge in [0.2, 0.25) is 0 Å². The Bertz CT molecular complexity index is 201. The Morgan fingerprint density at radius 1 is 1.18 bits per heavy atom. The second kappa shape index (κ2) is 5.75. The van der Waals surface area contributed by atoms with Crippen molar-refractivity contribution < 1.29 is 12.4 Å². The van der Waals surface area contributed by atoms with Gasteiger partial charge in [-0.15, -0.1) is 17.2 Å². The average Bonchev–Trinajstić information content (AvgIpc) is 1.83. The van der Waals surface area contributed by atoms with Crippen LogP contribution in [0.5, 0.6) is 0 Å². The van der Waals surface area contributed by atoms with Gasteiger partial charge in [-0.2, -0.15) is 18.6 Å². The maximum atomic E-state index is 3.88. The van der Waals surface area contributed by atoms with Gasteiger partial charge in [0.05, 0.1) is 0 Å². The Morgan fingerprint density at radius 2 is 1.73 bits per heavy atom. The first kappa shape index (κ1) is 13.7. The van der Waals surface area contributed by atoms with Gasteiger partial charge in [-0.05, 0) is 0 Å². The van der Waals surface area contributed by atoms with E-state index in [2.05, 4.69) is 26.8 Å². The van der Waals surface area contributed by atoms with Crippen molar-refractivity contribution in [1.29, 1.82) is 0 Å². The fourth-order valence-electron chi connectivity index (χ4n) is 0.812. The Hall–Kier alpha value is 0.146. The van der Waals surface area contributed by atoms with Crippen molar-refractivity contribution in [2.45, 2.75) is 13.8 Å². The molecule has 56 valence electrons. The second-order valence-electron chi connectivity index (χ2n) is 2.36. The molecule has 0 aliphatic heterocycles. The third-order valence-electron chi connectivity index (χ3n) is 1.72. The molecule has 0 nitrogen and oxygen atoms in total. The first-order valence-corrected chi connectivity index (χ1v) is 3.10. The Balaban J connectivity index is 0. The van der Waals surface area contributed by atoms with E-state index in [1.165, 1.54) is 11.1 Å². The fourth-order valence-corrected chi connectivity index (χ4v) is 0.812. The van der Waals surface area contributed by atoms with E-state index in [1.54, 1.807) is 0 Å². The largest absolute Gasteiger partial charge is 2.00 e. The third-order valence-corrected chi connectivity index (χ3v) is 1.72. The van der Waals surface area contributed by atoms with Gasteiger partial charge < -0.3 is 12.4 Å². The molecule has 0 aliphatic rings. The van der Waals surface area contributed by atoms with Crippen LogP contribution in [0.2, 0.25) is 0 Å². The first-order chi connectivity index (χ1) is 4.22. The molecule has 0 fully saturated rings. The summed E-state index contributed by atoms with van der Waals surface area (Å²) in [4.78, 5) is 0. The molecule has 0 amide bonds. The minimum Gasteiger partial charge on any atom is -1.00 e. The Morgan fingerprint density at radius 3 is 2.09 bits per heavy atom. The molecule has 0 spiro atoms. The Labute approximate surface area is 90.9 Å². The molecule has 1 aromatic carbocycles. The van der Waals surface area contributed by atoms with Gasteiger partial charge in [0.1, 0.15) is 0 Å². The van der Waals surface area contributed by atoms with E-state index in [1.807, 2.05) is 12.1 Å². The molecular formula is C9H11ClMg. The van der Waals surface area contributed by atoms with E-state index >= 15 is 0 Å². The predicted molar refractivity (Wildman–Crippen MR) is 46.1 cm³/mol. The van der Waals surface area contributed by atoms with Gasteiger partial charge in [0, 0.05) is 0 Å². The van der Waals surface area contributed by atoms with Crippen molar-refractivity contribution in [3.63, 3.8) is 0 Å². The molecule has 0 bridgehead atoms. The van der Waals surface area contributed by atoms with Crippen LogP contribution in [0.1, 0.15) is 16.7 Å².